The van der Waals surface area contributed by atoms with Gasteiger partial charge in [0.1, 0.15) is 5.60 Å². The van der Waals surface area contributed by atoms with E-state index in [9.17, 15) is 10.2 Å². The number of aliphatic hydroxyl groups is 2. The number of rotatable bonds is 1. The van der Waals surface area contributed by atoms with Gasteiger partial charge in [0.2, 0.25) is 0 Å². The molecule has 4 aliphatic carbocycles. The Morgan fingerprint density at radius 3 is 2.47 bits per heavy atom. The Kier molecular flexibility index (Phi) is 5.20. The molecule has 7 atom stereocenters. The van der Waals surface area contributed by atoms with Gasteiger partial charge >= 0.3 is 0 Å². The third-order valence-corrected chi connectivity index (χ3v) is 14.0. The predicted octanol–water partition coefficient (Wildman–Crippen LogP) is 6.37. The molecular weight excluding hydrogens is 432 g/mol. The van der Waals surface area contributed by atoms with E-state index in [2.05, 4.69) is 73.8 Å². The molecule has 4 fully saturated rings. The van der Waals surface area contributed by atoms with Crippen LogP contribution in [0.3, 0.4) is 0 Å². The minimum atomic E-state index is -0.791. The quantitative estimate of drug-likeness (QED) is 0.468. The third kappa shape index (κ3) is 2.76. The summed E-state index contributed by atoms with van der Waals surface area (Å²) in [6.07, 6.45) is 11.2. The number of hydrogen-bond donors (Lipinski definition) is 2. The molecule has 1 spiro atoms. The van der Waals surface area contributed by atoms with Crippen molar-refractivity contribution < 1.29 is 10.2 Å². The molecule has 4 heteroatoms. The molecule has 6 rings (SSSR count). The Hall–Kier alpha value is -0.420. The van der Waals surface area contributed by atoms with E-state index >= 15 is 0 Å². The van der Waals surface area contributed by atoms with Gasteiger partial charge < -0.3 is 10.2 Å². The molecule has 0 radical (unpaired) electrons. The van der Waals surface area contributed by atoms with Crippen molar-refractivity contribution in [2.75, 3.05) is 11.5 Å². The van der Waals surface area contributed by atoms with E-state index in [1.807, 2.05) is 0 Å². The molecule has 1 saturated heterocycles. The lowest BCUT2D eigenvalue weighted by Crippen LogP contribution is -2.57. The second kappa shape index (κ2) is 7.54. The summed E-state index contributed by atoms with van der Waals surface area (Å²) in [7, 11) is 0. The summed E-state index contributed by atoms with van der Waals surface area (Å²) in [6.45, 7) is 4.94. The lowest BCUT2D eigenvalue weighted by atomic mass is 9.46. The summed E-state index contributed by atoms with van der Waals surface area (Å²) in [4.78, 5) is 0. The Balaban J connectivity index is 1.45. The zero-order chi connectivity index (χ0) is 22.2. The molecule has 2 nitrogen and oxygen atoms in total. The highest BCUT2D eigenvalue weighted by molar-refractivity contribution is 8.18. The molecule has 0 bridgehead atoms. The van der Waals surface area contributed by atoms with Crippen LogP contribution in [0.25, 0.3) is 0 Å². The molecule has 1 heterocycles. The van der Waals surface area contributed by atoms with Gasteiger partial charge in [0.05, 0.1) is 10.2 Å². The minimum absolute atomic E-state index is 0.0945. The van der Waals surface area contributed by atoms with Crippen LogP contribution in [0, 0.1) is 28.6 Å². The highest BCUT2D eigenvalue weighted by atomic mass is 32.2. The van der Waals surface area contributed by atoms with Crippen LogP contribution in [-0.2, 0) is 5.60 Å². The number of fused-ring (bicyclic) bond motifs is 5. The van der Waals surface area contributed by atoms with Gasteiger partial charge in [-0.2, -0.15) is 0 Å². The standard InChI is InChI=1S/C28H38O2S2/c1-25-13-11-21(29)17-20(25)9-10-22-23(25)12-14-26(2)24(22)18-27(31-15-6-16-32-27)28(26,30)19-7-4-3-5-8-19/h3-5,7-9,21-24,29-30H,6,10-18H2,1-2H3. The molecule has 32 heavy (non-hydrogen) atoms. The van der Waals surface area contributed by atoms with E-state index in [0.717, 1.165) is 44.1 Å². The molecule has 1 aromatic rings. The molecular formula is C28H38O2S2. The van der Waals surface area contributed by atoms with Crippen LogP contribution in [0.1, 0.15) is 70.8 Å². The zero-order valence-electron chi connectivity index (χ0n) is 19.6. The van der Waals surface area contributed by atoms with Crippen LogP contribution in [0.2, 0.25) is 0 Å². The number of aliphatic hydroxyl groups excluding tert-OH is 1. The average molecular weight is 471 g/mol. The van der Waals surface area contributed by atoms with E-state index in [1.165, 1.54) is 29.9 Å². The molecule has 3 saturated carbocycles. The lowest BCUT2D eigenvalue weighted by molar-refractivity contribution is -0.130. The summed E-state index contributed by atoms with van der Waals surface area (Å²) in [5.41, 5.74) is 2.04. The zero-order valence-corrected chi connectivity index (χ0v) is 21.2. The lowest BCUT2D eigenvalue weighted by Gasteiger charge is -2.59. The van der Waals surface area contributed by atoms with E-state index in [4.69, 9.17) is 0 Å². The second-order valence-electron chi connectivity index (χ2n) is 11.7. The molecule has 1 aliphatic heterocycles. The maximum atomic E-state index is 12.9. The Labute approximate surface area is 202 Å². The van der Waals surface area contributed by atoms with E-state index in [-0.39, 0.29) is 21.0 Å². The van der Waals surface area contributed by atoms with Gasteiger partial charge in [0, 0.05) is 5.41 Å². The minimum Gasteiger partial charge on any atom is -0.393 e. The second-order valence-corrected chi connectivity index (χ2v) is 14.7. The predicted molar refractivity (Wildman–Crippen MR) is 136 cm³/mol. The summed E-state index contributed by atoms with van der Waals surface area (Å²) in [5.74, 6) is 4.22. The fraction of sp³-hybridized carbons (Fsp3) is 0.714. The molecule has 174 valence electrons. The van der Waals surface area contributed by atoms with Gasteiger partial charge in [-0.25, -0.2) is 0 Å². The van der Waals surface area contributed by atoms with Gasteiger partial charge in [0.25, 0.3) is 0 Å². The van der Waals surface area contributed by atoms with E-state index in [1.54, 1.807) is 0 Å². The largest absolute Gasteiger partial charge is 0.393 e. The van der Waals surface area contributed by atoms with Gasteiger partial charge in [-0.05, 0) is 91.6 Å². The number of benzene rings is 1. The van der Waals surface area contributed by atoms with Crippen LogP contribution in [0.15, 0.2) is 42.0 Å². The Morgan fingerprint density at radius 1 is 0.969 bits per heavy atom. The van der Waals surface area contributed by atoms with Gasteiger partial charge in [-0.3, -0.25) is 0 Å². The van der Waals surface area contributed by atoms with Crippen molar-refractivity contribution in [3.05, 3.63) is 47.5 Å². The summed E-state index contributed by atoms with van der Waals surface area (Å²) in [6, 6.07) is 10.7. The SMILES string of the molecule is CC12CCC(O)CC1=CCC1C2CCC2(C)C1CC1(SCCCS1)C2(O)c1ccccc1. The van der Waals surface area contributed by atoms with E-state index < -0.39 is 5.60 Å². The van der Waals surface area contributed by atoms with Crippen molar-refractivity contribution in [2.24, 2.45) is 28.6 Å². The Morgan fingerprint density at radius 2 is 1.72 bits per heavy atom. The first-order valence-electron chi connectivity index (χ1n) is 12.8. The molecule has 7 unspecified atom stereocenters. The highest BCUT2D eigenvalue weighted by Crippen LogP contribution is 2.76. The first-order chi connectivity index (χ1) is 15.3. The monoisotopic (exact) mass is 470 g/mol. The maximum absolute atomic E-state index is 12.9. The third-order valence-electron chi connectivity index (χ3n) is 10.5. The van der Waals surface area contributed by atoms with Crippen molar-refractivity contribution in [2.45, 2.75) is 81.0 Å². The molecule has 5 aliphatic rings. The first-order valence-corrected chi connectivity index (χ1v) is 14.7. The van der Waals surface area contributed by atoms with Crippen molar-refractivity contribution >= 4 is 23.5 Å². The van der Waals surface area contributed by atoms with E-state index in [0.29, 0.717) is 17.8 Å². The fourth-order valence-corrected chi connectivity index (χ4v) is 12.8. The fourth-order valence-electron chi connectivity index (χ4n) is 8.79. The molecule has 2 N–H and O–H groups in total. The van der Waals surface area contributed by atoms with Crippen molar-refractivity contribution in [1.82, 2.24) is 0 Å². The first kappa shape index (κ1) is 22.1. The van der Waals surface area contributed by atoms with Crippen molar-refractivity contribution in [3.8, 4) is 0 Å². The summed E-state index contributed by atoms with van der Waals surface area (Å²) < 4.78 is -0.130. The molecule has 0 aromatic heterocycles. The van der Waals surface area contributed by atoms with Crippen LogP contribution < -0.4 is 0 Å². The normalized spacial score (nSPS) is 47.3. The Bertz CT molecular complexity index is 909. The smallest absolute Gasteiger partial charge is 0.119 e. The van der Waals surface area contributed by atoms with Gasteiger partial charge in [0.15, 0.2) is 0 Å². The van der Waals surface area contributed by atoms with Crippen molar-refractivity contribution in [3.63, 3.8) is 0 Å². The number of allylic oxidation sites excluding steroid dienone is 1. The molecule has 0 amide bonds. The summed E-state index contributed by atoms with van der Waals surface area (Å²) >= 11 is 4.13. The van der Waals surface area contributed by atoms with Crippen LogP contribution >= 0.6 is 23.5 Å². The highest BCUT2D eigenvalue weighted by Gasteiger charge is 2.73. The average Bonchev–Trinajstić information content (AvgIpc) is 3.00. The van der Waals surface area contributed by atoms with Crippen LogP contribution in [0.5, 0.6) is 0 Å². The summed E-state index contributed by atoms with van der Waals surface area (Å²) in [5, 5.41) is 23.3. The maximum Gasteiger partial charge on any atom is 0.119 e. The number of hydrogen-bond acceptors (Lipinski definition) is 4. The topological polar surface area (TPSA) is 40.5 Å². The van der Waals surface area contributed by atoms with Gasteiger partial charge in [-0.1, -0.05) is 55.8 Å². The number of thioether (sulfide) groups is 2. The van der Waals surface area contributed by atoms with Crippen LogP contribution in [0.4, 0.5) is 0 Å². The molecule has 1 aromatic carbocycles. The van der Waals surface area contributed by atoms with Crippen molar-refractivity contribution in [1.29, 1.82) is 0 Å². The van der Waals surface area contributed by atoms with Crippen LogP contribution in [-0.4, -0.2) is 31.9 Å². The van der Waals surface area contributed by atoms with Gasteiger partial charge in [-0.15, -0.1) is 23.5 Å².